The van der Waals surface area contributed by atoms with E-state index in [9.17, 15) is 4.79 Å². The van der Waals surface area contributed by atoms with Crippen LogP contribution in [0.4, 0.5) is 0 Å². The summed E-state index contributed by atoms with van der Waals surface area (Å²) in [5.41, 5.74) is 4.62. The highest BCUT2D eigenvalue weighted by Gasteiger charge is 2.20. The fraction of sp³-hybridized carbons (Fsp3) is 0.107. The molecule has 0 atom stereocenters. The zero-order valence-corrected chi connectivity index (χ0v) is 18.4. The van der Waals surface area contributed by atoms with E-state index in [1.54, 1.807) is 17.2 Å². The maximum atomic E-state index is 13.5. The Morgan fingerprint density at radius 1 is 0.818 bits per heavy atom. The van der Waals surface area contributed by atoms with E-state index < -0.39 is 0 Å². The van der Waals surface area contributed by atoms with Crippen LogP contribution in [-0.2, 0) is 20.1 Å². The van der Waals surface area contributed by atoms with Gasteiger partial charge in [0, 0.05) is 31.4 Å². The third-order valence-electron chi connectivity index (χ3n) is 5.79. The van der Waals surface area contributed by atoms with E-state index >= 15 is 0 Å². The first-order valence-electron chi connectivity index (χ1n) is 10.9. The predicted octanol–water partition coefficient (Wildman–Crippen LogP) is 5.48. The van der Waals surface area contributed by atoms with Gasteiger partial charge in [0.2, 0.25) is 0 Å². The van der Waals surface area contributed by atoms with Crippen molar-refractivity contribution in [3.63, 3.8) is 0 Å². The first-order valence-corrected chi connectivity index (χ1v) is 10.9. The van der Waals surface area contributed by atoms with Crippen LogP contribution in [0, 0.1) is 0 Å². The summed E-state index contributed by atoms with van der Waals surface area (Å²) in [6.07, 6.45) is 3.64. The van der Waals surface area contributed by atoms with Gasteiger partial charge in [0.15, 0.2) is 0 Å². The van der Waals surface area contributed by atoms with Gasteiger partial charge in [0.05, 0.1) is 12.1 Å². The van der Waals surface area contributed by atoms with Gasteiger partial charge in [-0.1, -0.05) is 78.9 Å². The number of fused-ring (bicyclic) bond motifs is 1. The first kappa shape index (κ1) is 20.6. The number of para-hydroxylation sites is 1. The number of aryl methyl sites for hydroxylation is 1. The topological polar surface area (TPSA) is 51.0 Å². The van der Waals surface area contributed by atoms with Crippen LogP contribution >= 0.6 is 0 Å². The van der Waals surface area contributed by atoms with Crippen molar-refractivity contribution >= 4 is 16.8 Å². The molecular formula is C28H24N4O. The van der Waals surface area contributed by atoms with Crippen molar-refractivity contribution in [2.45, 2.75) is 13.1 Å². The summed E-state index contributed by atoms with van der Waals surface area (Å²) >= 11 is 0. The van der Waals surface area contributed by atoms with Crippen molar-refractivity contribution in [2.75, 3.05) is 0 Å². The second-order valence-corrected chi connectivity index (χ2v) is 8.07. The molecule has 2 heterocycles. The van der Waals surface area contributed by atoms with Crippen LogP contribution in [0.1, 0.15) is 21.9 Å². The lowest BCUT2D eigenvalue weighted by atomic mass is 10.0. The highest BCUT2D eigenvalue weighted by Crippen LogP contribution is 2.21. The van der Waals surface area contributed by atoms with Crippen LogP contribution in [0.2, 0.25) is 0 Å². The smallest absolute Gasteiger partial charge is 0.273 e. The lowest BCUT2D eigenvalue weighted by Gasteiger charge is -2.22. The van der Waals surface area contributed by atoms with E-state index in [2.05, 4.69) is 46.4 Å². The molecule has 0 aliphatic rings. The number of rotatable bonds is 6. The number of imidazole rings is 1. The normalized spacial score (nSPS) is 10.9. The Kier molecular flexibility index (Phi) is 5.68. The van der Waals surface area contributed by atoms with Gasteiger partial charge >= 0.3 is 0 Å². The minimum atomic E-state index is -0.115. The zero-order valence-electron chi connectivity index (χ0n) is 18.4. The summed E-state index contributed by atoms with van der Waals surface area (Å²) in [6.45, 7) is 0.868. The highest BCUT2D eigenvalue weighted by atomic mass is 16.2. The van der Waals surface area contributed by atoms with Crippen LogP contribution in [-0.4, -0.2) is 25.3 Å². The van der Waals surface area contributed by atoms with Gasteiger partial charge in [-0.2, -0.15) is 0 Å². The Hall–Kier alpha value is -4.25. The lowest BCUT2D eigenvalue weighted by Crippen LogP contribution is -2.31. The summed E-state index contributed by atoms with van der Waals surface area (Å²) in [7, 11) is 1.94. The molecule has 0 fully saturated rings. The zero-order chi connectivity index (χ0) is 22.6. The van der Waals surface area contributed by atoms with Gasteiger partial charge in [-0.25, -0.2) is 9.97 Å². The molecule has 0 saturated carbocycles. The van der Waals surface area contributed by atoms with Crippen molar-refractivity contribution in [1.29, 1.82) is 0 Å². The summed E-state index contributed by atoms with van der Waals surface area (Å²) in [6, 6.07) is 30.2. The number of nitrogens with zero attached hydrogens (tertiary/aromatic N) is 4. The SMILES string of the molecule is Cn1ccnc1CN(Cc1ccc(-c2ccccc2)cc1)C(=O)c1ccc2ccccc2n1. The van der Waals surface area contributed by atoms with Crippen molar-refractivity contribution in [3.05, 3.63) is 120 Å². The minimum absolute atomic E-state index is 0.115. The average molecular weight is 433 g/mol. The fourth-order valence-electron chi connectivity index (χ4n) is 3.92. The van der Waals surface area contributed by atoms with E-state index in [1.165, 1.54) is 5.56 Å². The number of amides is 1. The number of hydrogen-bond acceptors (Lipinski definition) is 3. The quantitative estimate of drug-likeness (QED) is 0.357. The van der Waals surface area contributed by atoms with Crippen LogP contribution in [0.5, 0.6) is 0 Å². The summed E-state index contributed by atoms with van der Waals surface area (Å²) in [4.78, 5) is 24.4. The Balaban J connectivity index is 1.43. The van der Waals surface area contributed by atoms with E-state index in [-0.39, 0.29) is 5.91 Å². The molecule has 0 N–H and O–H groups in total. The fourth-order valence-corrected chi connectivity index (χ4v) is 3.92. The molecule has 0 bridgehead atoms. The van der Waals surface area contributed by atoms with E-state index in [0.717, 1.165) is 27.9 Å². The van der Waals surface area contributed by atoms with Gasteiger partial charge in [0.1, 0.15) is 11.5 Å². The first-order chi connectivity index (χ1) is 16.2. The molecule has 0 spiro atoms. The third-order valence-corrected chi connectivity index (χ3v) is 5.79. The van der Waals surface area contributed by atoms with Crippen molar-refractivity contribution < 1.29 is 4.79 Å². The van der Waals surface area contributed by atoms with Gasteiger partial charge in [0.25, 0.3) is 5.91 Å². The number of benzene rings is 3. The Bertz CT molecular complexity index is 1390. The molecule has 5 nitrogen and oxygen atoms in total. The van der Waals surface area contributed by atoms with E-state index in [0.29, 0.717) is 18.8 Å². The molecule has 0 aliphatic heterocycles. The van der Waals surface area contributed by atoms with Crippen LogP contribution < -0.4 is 0 Å². The number of aromatic nitrogens is 3. The molecule has 5 heteroatoms. The van der Waals surface area contributed by atoms with Crippen molar-refractivity contribution in [1.82, 2.24) is 19.4 Å². The van der Waals surface area contributed by atoms with Crippen LogP contribution in [0.15, 0.2) is 103 Å². The predicted molar refractivity (Wildman–Crippen MR) is 130 cm³/mol. The average Bonchev–Trinajstić information content (AvgIpc) is 3.28. The monoisotopic (exact) mass is 432 g/mol. The molecule has 162 valence electrons. The second kappa shape index (κ2) is 9.09. The minimum Gasteiger partial charge on any atom is -0.337 e. The molecule has 3 aromatic carbocycles. The highest BCUT2D eigenvalue weighted by molar-refractivity contribution is 5.94. The Labute approximate surface area is 193 Å². The van der Waals surface area contributed by atoms with Gasteiger partial charge in [-0.3, -0.25) is 4.79 Å². The number of hydrogen-bond donors (Lipinski definition) is 0. The molecule has 5 aromatic rings. The molecule has 5 rings (SSSR count). The second-order valence-electron chi connectivity index (χ2n) is 8.07. The van der Waals surface area contributed by atoms with Crippen LogP contribution in [0.3, 0.4) is 0 Å². The van der Waals surface area contributed by atoms with Crippen LogP contribution in [0.25, 0.3) is 22.0 Å². The maximum absolute atomic E-state index is 13.5. The molecular weight excluding hydrogens is 408 g/mol. The summed E-state index contributed by atoms with van der Waals surface area (Å²) in [5.74, 6) is 0.709. The number of pyridine rings is 1. The molecule has 33 heavy (non-hydrogen) atoms. The third kappa shape index (κ3) is 4.53. The van der Waals surface area contributed by atoms with E-state index in [1.807, 2.05) is 66.3 Å². The molecule has 0 saturated heterocycles. The molecule has 0 radical (unpaired) electrons. The summed E-state index contributed by atoms with van der Waals surface area (Å²) < 4.78 is 1.94. The Morgan fingerprint density at radius 3 is 2.30 bits per heavy atom. The maximum Gasteiger partial charge on any atom is 0.273 e. The van der Waals surface area contributed by atoms with Gasteiger partial charge < -0.3 is 9.47 Å². The lowest BCUT2D eigenvalue weighted by molar-refractivity contribution is 0.0718. The molecule has 0 aliphatic carbocycles. The number of carbonyl (C=O) groups excluding carboxylic acids is 1. The van der Waals surface area contributed by atoms with Gasteiger partial charge in [-0.05, 0) is 28.8 Å². The van der Waals surface area contributed by atoms with E-state index in [4.69, 9.17) is 0 Å². The number of carbonyl (C=O) groups is 1. The molecule has 1 amide bonds. The summed E-state index contributed by atoms with van der Waals surface area (Å²) in [5, 5.41) is 1.02. The molecule has 2 aromatic heterocycles. The van der Waals surface area contributed by atoms with Crippen molar-refractivity contribution in [3.8, 4) is 11.1 Å². The molecule has 0 unspecified atom stereocenters. The van der Waals surface area contributed by atoms with Gasteiger partial charge in [-0.15, -0.1) is 0 Å². The standard InChI is InChI=1S/C28H24N4O/c1-31-18-17-29-27(31)20-32(28(33)26-16-15-24-9-5-6-10-25(24)30-26)19-21-11-13-23(14-12-21)22-7-3-2-4-8-22/h2-18H,19-20H2,1H3. The Morgan fingerprint density at radius 2 is 1.55 bits per heavy atom. The van der Waals surface area contributed by atoms with Crippen molar-refractivity contribution in [2.24, 2.45) is 7.05 Å². The largest absolute Gasteiger partial charge is 0.337 e.